The normalized spacial score (nSPS) is 10.8. The SMILES string of the molecule is COc1ccc(OC)c(NC(=O)c2c(C)oc3ncn(Cc4ccccc4)c(=O)c23)c1. The van der Waals surface area contributed by atoms with Crippen LogP contribution < -0.4 is 20.3 Å². The summed E-state index contributed by atoms with van der Waals surface area (Å²) in [7, 11) is 3.03. The standard InChI is InChI=1S/C23H21N3O5/c1-14-19(21(27)25-17-11-16(29-2)9-10-18(17)30-3)20-22(31-14)24-13-26(23(20)28)12-15-7-5-4-6-8-15/h4-11,13H,12H2,1-3H3,(H,25,27). The number of hydrogen-bond acceptors (Lipinski definition) is 6. The lowest BCUT2D eigenvalue weighted by atomic mass is 10.1. The van der Waals surface area contributed by atoms with E-state index in [9.17, 15) is 9.59 Å². The monoisotopic (exact) mass is 419 g/mol. The van der Waals surface area contributed by atoms with Crippen LogP contribution in [0.25, 0.3) is 11.1 Å². The van der Waals surface area contributed by atoms with Gasteiger partial charge in [0.25, 0.3) is 11.5 Å². The van der Waals surface area contributed by atoms with Crippen LogP contribution in [0.5, 0.6) is 11.5 Å². The van der Waals surface area contributed by atoms with E-state index in [-0.39, 0.29) is 22.2 Å². The van der Waals surface area contributed by atoms with Crippen LogP contribution in [0.3, 0.4) is 0 Å². The Bertz CT molecular complexity index is 1310. The molecule has 0 unspecified atom stereocenters. The topological polar surface area (TPSA) is 95.6 Å². The van der Waals surface area contributed by atoms with Gasteiger partial charge < -0.3 is 19.2 Å². The Labute approximate surface area is 178 Å². The second-order valence-electron chi connectivity index (χ2n) is 6.90. The minimum atomic E-state index is -0.501. The summed E-state index contributed by atoms with van der Waals surface area (Å²) in [4.78, 5) is 30.6. The molecule has 31 heavy (non-hydrogen) atoms. The van der Waals surface area contributed by atoms with Crippen LogP contribution in [0, 0.1) is 6.92 Å². The van der Waals surface area contributed by atoms with Gasteiger partial charge >= 0.3 is 0 Å². The number of fused-ring (bicyclic) bond motifs is 1. The van der Waals surface area contributed by atoms with E-state index in [1.165, 1.54) is 25.1 Å². The molecule has 0 spiro atoms. The Kier molecular flexibility index (Phi) is 5.44. The number of amides is 1. The molecule has 0 bridgehead atoms. The molecule has 2 heterocycles. The van der Waals surface area contributed by atoms with E-state index in [2.05, 4.69) is 10.3 Å². The molecule has 1 amide bonds. The lowest BCUT2D eigenvalue weighted by Gasteiger charge is -2.11. The maximum atomic E-state index is 13.2. The summed E-state index contributed by atoms with van der Waals surface area (Å²) in [5.41, 5.74) is 1.26. The number of methoxy groups -OCH3 is 2. The summed E-state index contributed by atoms with van der Waals surface area (Å²) < 4.78 is 17.6. The van der Waals surface area contributed by atoms with Gasteiger partial charge in [0.05, 0.1) is 32.0 Å². The number of nitrogens with one attached hydrogen (secondary N) is 1. The van der Waals surface area contributed by atoms with Crippen molar-refractivity contribution in [1.82, 2.24) is 9.55 Å². The fourth-order valence-electron chi connectivity index (χ4n) is 3.40. The van der Waals surface area contributed by atoms with Gasteiger partial charge in [0.1, 0.15) is 29.0 Å². The Morgan fingerprint density at radius 2 is 1.90 bits per heavy atom. The molecule has 4 rings (SSSR count). The molecular weight excluding hydrogens is 398 g/mol. The molecule has 0 saturated carbocycles. The number of anilines is 1. The molecule has 1 N–H and O–H groups in total. The van der Waals surface area contributed by atoms with E-state index in [4.69, 9.17) is 13.9 Å². The summed E-state index contributed by atoms with van der Waals surface area (Å²) >= 11 is 0. The zero-order chi connectivity index (χ0) is 22.0. The van der Waals surface area contributed by atoms with Crippen molar-refractivity contribution >= 4 is 22.7 Å². The van der Waals surface area contributed by atoms with Gasteiger partial charge in [0.2, 0.25) is 5.71 Å². The van der Waals surface area contributed by atoms with Gasteiger partial charge in [0.15, 0.2) is 0 Å². The van der Waals surface area contributed by atoms with Gasteiger partial charge in [0, 0.05) is 6.07 Å². The van der Waals surface area contributed by atoms with Gasteiger partial charge in [-0.25, -0.2) is 4.98 Å². The lowest BCUT2D eigenvalue weighted by Crippen LogP contribution is -2.23. The Morgan fingerprint density at radius 3 is 2.61 bits per heavy atom. The molecule has 0 aliphatic rings. The van der Waals surface area contributed by atoms with E-state index < -0.39 is 5.91 Å². The summed E-state index contributed by atoms with van der Waals surface area (Å²) in [5.74, 6) is 0.812. The summed E-state index contributed by atoms with van der Waals surface area (Å²) in [6, 6.07) is 14.6. The average Bonchev–Trinajstić information content (AvgIpc) is 3.13. The number of rotatable bonds is 6. The van der Waals surface area contributed by atoms with Crippen molar-refractivity contribution in [3.05, 3.63) is 82.1 Å². The number of benzene rings is 2. The predicted molar refractivity (Wildman–Crippen MR) is 116 cm³/mol. The fourth-order valence-corrected chi connectivity index (χ4v) is 3.40. The fraction of sp³-hybridized carbons (Fsp3) is 0.174. The quantitative estimate of drug-likeness (QED) is 0.513. The van der Waals surface area contributed by atoms with Crippen LogP contribution >= 0.6 is 0 Å². The van der Waals surface area contributed by atoms with E-state index >= 15 is 0 Å². The van der Waals surface area contributed by atoms with Crippen LogP contribution in [0.15, 0.2) is 64.1 Å². The molecule has 0 fully saturated rings. The van der Waals surface area contributed by atoms with Crippen molar-refractivity contribution in [1.29, 1.82) is 0 Å². The molecule has 4 aromatic rings. The maximum Gasteiger partial charge on any atom is 0.265 e. The Morgan fingerprint density at radius 1 is 1.13 bits per heavy atom. The zero-order valence-corrected chi connectivity index (χ0v) is 17.3. The third-order valence-electron chi connectivity index (χ3n) is 4.93. The van der Waals surface area contributed by atoms with Gasteiger partial charge in [-0.05, 0) is 24.6 Å². The number of carbonyl (C=O) groups excluding carboxylic acids is 1. The Balaban J connectivity index is 1.75. The van der Waals surface area contributed by atoms with E-state index in [0.29, 0.717) is 29.5 Å². The van der Waals surface area contributed by atoms with Crippen molar-refractivity contribution in [2.75, 3.05) is 19.5 Å². The molecule has 8 heteroatoms. The number of aryl methyl sites for hydroxylation is 1. The first kappa shape index (κ1) is 20.2. The second kappa shape index (κ2) is 8.35. The van der Waals surface area contributed by atoms with Crippen molar-refractivity contribution < 1.29 is 18.7 Å². The lowest BCUT2D eigenvalue weighted by molar-refractivity contribution is 0.102. The molecule has 0 aliphatic heterocycles. The summed E-state index contributed by atoms with van der Waals surface area (Å²) in [6.45, 7) is 1.96. The first-order chi connectivity index (χ1) is 15.0. The molecule has 0 saturated heterocycles. The smallest absolute Gasteiger partial charge is 0.265 e. The minimum absolute atomic E-state index is 0.120. The highest BCUT2D eigenvalue weighted by Gasteiger charge is 2.24. The van der Waals surface area contributed by atoms with Crippen molar-refractivity contribution in [2.24, 2.45) is 0 Å². The van der Waals surface area contributed by atoms with E-state index in [1.54, 1.807) is 25.1 Å². The largest absolute Gasteiger partial charge is 0.497 e. The summed E-state index contributed by atoms with van der Waals surface area (Å²) in [5, 5.41) is 2.92. The first-order valence-electron chi connectivity index (χ1n) is 9.57. The van der Waals surface area contributed by atoms with Gasteiger partial charge in [-0.3, -0.25) is 14.2 Å². The molecular formula is C23H21N3O5. The third kappa shape index (κ3) is 3.87. The van der Waals surface area contributed by atoms with Gasteiger partial charge in [-0.1, -0.05) is 30.3 Å². The average molecular weight is 419 g/mol. The van der Waals surface area contributed by atoms with Gasteiger partial charge in [-0.2, -0.15) is 0 Å². The number of nitrogens with zero attached hydrogens (tertiary/aromatic N) is 2. The summed E-state index contributed by atoms with van der Waals surface area (Å²) in [6.07, 6.45) is 1.42. The van der Waals surface area contributed by atoms with E-state index in [1.807, 2.05) is 30.3 Å². The third-order valence-corrected chi connectivity index (χ3v) is 4.93. The zero-order valence-electron chi connectivity index (χ0n) is 17.3. The van der Waals surface area contributed by atoms with Crippen LogP contribution in [0.2, 0.25) is 0 Å². The molecule has 158 valence electrons. The molecule has 0 radical (unpaired) electrons. The molecule has 8 nitrogen and oxygen atoms in total. The highest BCUT2D eigenvalue weighted by atomic mass is 16.5. The Hall–Kier alpha value is -4.07. The maximum absolute atomic E-state index is 13.2. The van der Waals surface area contributed by atoms with Crippen LogP contribution in [-0.4, -0.2) is 29.7 Å². The number of furan rings is 1. The van der Waals surface area contributed by atoms with Crippen LogP contribution in [-0.2, 0) is 6.54 Å². The van der Waals surface area contributed by atoms with Crippen LogP contribution in [0.4, 0.5) is 5.69 Å². The van der Waals surface area contributed by atoms with E-state index in [0.717, 1.165) is 5.56 Å². The predicted octanol–water partition coefficient (Wildman–Crippen LogP) is 3.62. The number of ether oxygens (including phenoxy) is 2. The number of carbonyl (C=O) groups is 1. The van der Waals surface area contributed by atoms with Crippen LogP contribution in [0.1, 0.15) is 21.7 Å². The number of aromatic nitrogens is 2. The highest BCUT2D eigenvalue weighted by molar-refractivity contribution is 6.13. The van der Waals surface area contributed by atoms with Gasteiger partial charge in [-0.15, -0.1) is 0 Å². The van der Waals surface area contributed by atoms with Crippen molar-refractivity contribution in [2.45, 2.75) is 13.5 Å². The molecule has 0 aliphatic carbocycles. The molecule has 0 atom stereocenters. The first-order valence-corrected chi connectivity index (χ1v) is 9.57. The van der Waals surface area contributed by atoms with Crippen molar-refractivity contribution in [3.8, 4) is 11.5 Å². The van der Waals surface area contributed by atoms with Crippen molar-refractivity contribution in [3.63, 3.8) is 0 Å². The second-order valence-corrected chi connectivity index (χ2v) is 6.90. The number of hydrogen-bond donors (Lipinski definition) is 1. The molecule has 2 aromatic heterocycles. The minimum Gasteiger partial charge on any atom is -0.497 e. The molecule has 2 aromatic carbocycles. The highest BCUT2D eigenvalue weighted by Crippen LogP contribution is 2.30.